The maximum Gasteiger partial charge on any atom is 0.251 e. The lowest BCUT2D eigenvalue weighted by molar-refractivity contribution is 0.0941. The predicted molar refractivity (Wildman–Crippen MR) is 86.8 cm³/mol. The summed E-state index contributed by atoms with van der Waals surface area (Å²) in [7, 11) is -3.04. The van der Waals surface area contributed by atoms with Crippen LogP contribution < -0.4 is 10.1 Å². The van der Waals surface area contributed by atoms with Gasteiger partial charge in [0.15, 0.2) is 15.6 Å². The molecule has 22 heavy (non-hydrogen) atoms. The van der Waals surface area contributed by atoms with Gasteiger partial charge in [-0.05, 0) is 25.0 Å². The highest BCUT2D eigenvalue weighted by Crippen LogP contribution is 2.34. The summed E-state index contributed by atoms with van der Waals surface area (Å²) in [6.45, 7) is 2.43. The molecule has 1 fully saturated rings. The molecule has 0 unspecified atom stereocenters. The first-order valence-corrected chi connectivity index (χ1v) is 9.53. The number of nitrogens with one attached hydrogen (secondary N) is 1. The smallest absolute Gasteiger partial charge is 0.251 e. The number of rotatable bonds is 5. The fourth-order valence-corrected chi connectivity index (χ4v) is 4.48. The van der Waals surface area contributed by atoms with E-state index in [2.05, 4.69) is 5.32 Å². The zero-order valence-corrected chi connectivity index (χ0v) is 14.4. The first kappa shape index (κ1) is 17.4. The van der Waals surface area contributed by atoms with Crippen molar-refractivity contribution in [1.29, 1.82) is 0 Å². The molecular formula is C14H17Cl2NO4S. The first-order valence-electron chi connectivity index (χ1n) is 6.95. The summed E-state index contributed by atoms with van der Waals surface area (Å²) in [6, 6.07) is 2.57. The third-order valence-corrected chi connectivity index (χ3v) is 5.61. The lowest BCUT2D eigenvalue weighted by Crippen LogP contribution is -2.35. The van der Waals surface area contributed by atoms with Gasteiger partial charge in [-0.15, -0.1) is 0 Å². The average Bonchev–Trinajstić information content (AvgIpc) is 2.76. The molecule has 1 amide bonds. The largest absolute Gasteiger partial charge is 0.490 e. The van der Waals surface area contributed by atoms with Crippen LogP contribution in [0.5, 0.6) is 5.75 Å². The molecule has 1 aliphatic rings. The van der Waals surface area contributed by atoms with Gasteiger partial charge in [-0.1, -0.05) is 30.1 Å². The lowest BCUT2D eigenvalue weighted by Gasteiger charge is -2.13. The molecule has 2 rings (SSSR count). The van der Waals surface area contributed by atoms with Crippen molar-refractivity contribution in [2.45, 2.75) is 25.8 Å². The van der Waals surface area contributed by atoms with Gasteiger partial charge < -0.3 is 10.1 Å². The molecule has 0 aliphatic carbocycles. The molecule has 1 atom stereocenters. The van der Waals surface area contributed by atoms with E-state index in [0.29, 0.717) is 18.8 Å². The molecular weight excluding hydrogens is 349 g/mol. The van der Waals surface area contributed by atoms with Crippen molar-refractivity contribution >= 4 is 38.9 Å². The SMILES string of the molecule is CCCOc1c(Cl)cc(C(=O)N[C@H]2CCS(=O)(=O)C2)cc1Cl. The monoisotopic (exact) mass is 365 g/mol. The van der Waals surface area contributed by atoms with Gasteiger partial charge >= 0.3 is 0 Å². The number of benzene rings is 1. The highest BCUT2D eigenvalue weighted by Gasteiger charge is 2.29. The minimum Gasteiger partial charge on any atom is -0.490 e. The van der Waals surface area contributed by atoms with Gasteiger partial charge in [-0.25, -0.2) is 8.42 Å². The van der Waals surface area contributed by atoms with Crippen LogP contribution in [0.25, 0.3) is 0 Å². The third-order valence-electron chi connectivity index (χ3n) is 3.28. The molecule has 0 radical (unpaired) electrons. The topological polar surface area (TPSA) is 72.5 Å². The van der Waals surface area contributed by atoms with Crippen LogP contribution in [0.2, 0.25) is 10.0 Å². The molecule has 0 saturated carbocycles. The first-order chi connectivity index (χ1) is 10.3. The van der Waals surface area contributed by atoms with Gasteiger partial charge in [0, 0.05) is 11.6 Å². The van der Waals surface area contributed by atoms with Crippen molar-refractivity contribution in [2.75, 3.05) is 18.1 Å². The Morgan fingerprint density at radius 3 is 2.50 bits per heavy atom. The van der Waals surface area contributed by atoms with Crippen LogP contribution in [-0.2, 0) is 9.84 Å². The Labute approximate surface area is 139 Å². The van der Waals surface area contributed by atoms with E-state index >= 15 is 0 Å². The zero-order chi connectivity index (χ0) is 16.3. The number of carbonyl (C=O) groups is 1. The molecule has 1 saturated heterocycles. The summed E-state index contributed by atoms with van der Waals surface area (Å²) >= 11 is 12.2. The normalized spacial score (nSPS) is 19.9. The summed E-state index contributed by atoms with van der Waals surface area (Å²) in [4.78, 5) is 12.2. The minimum atomic E-state index is -3.04. The lowest BCUT2D eigenvalue weighted by atomic mass is 10.1. The molecule has 1 N–H and O–H groups in total. The van der Waals surface area contributed by atoms with E-state index in [1.807, 2.05) is 6.92 Å². The van der Waals surface area contributed by atoms with Crippen molar-refractivity contribution in [3.63, 3.8) is 0 Å². The van der Waals surface area contributed by atoms with E-state index in [1.54, 1.807) is 0 Å². The van der Waals surface area contributed by atoms with Gasteiger partial charge in [0.1, 0.15) is 0 Å². The van der Waals surface area contributed by atoms with Crippen LogP contribution >= 0.6 is 23.2 Å². The summed E-state index contributed by atoms with van der Waals surface area (Å²) in [5, 5.41) is 3.20. The number of sulfone groups is 1. The summed E-state index contributed by atoms with van der Waals surface area (Å²) in [5.74, 6) is 0.0272. The summed E-state index contributed by atoms with van der Waals surface area (Å²) in [6.07, 6.45) is 1.23. The Morgan fingerprint density at radius 1 is 1.36 bits per heavy atom. The van der Waals surface area contributed by atoms with Gasteiger partial charge in [-0.2, -0.15) is 0 Å². The van der Waals surface area contributed by atoms with Crippen LogP contribution in [-0.4, -0.2) is 38.5 Å². The highest BCUT2D eigenvalue weighted by molar-refractivity contribution is 7.91. The zero-order valence-electron chi connectivity index (χ0n) is 12.1. The van der Waals surface area contributed by atoms with Crippen LogP contribution in [0.4, 0.5) is 0 Å². The second kappa shape index (κ2) is 7.06. The summed E-state index contributed by atoms with van der Waals surface area (Å²) < 4.78 is 28.2. The van der Waals surface area contributed by atoms with Crippen LogP contribution in [0.15, 0.2) is 12.1 Å². The average molecular weight is 366 g/mol. The molecule has 1 heterocycles. The second-order valence-corrected chi connectivity index (χ2v) is 8.23. The molecule has 1 aromatic carbocycles. The van der Waals surface area contributed by atoms with Gasteiger partial charge in [0.25, 0.3) is 5.91 Å². The Kier molecular flexibility index (Phi) is 5.58. The molecule has 0 aromatic heterocycles. The van der Waals surface area contributed by atoms with Crippen molar-refractivity contribution < 1.29 is 17.9 Å². The van der Waals surface area contributed by atoms with E-state index < -0.39 is 15.7 Å². The Balaban J connectivity index is 2.10. The van der Waals surface area contributed by atoms with Crippen LogP contribution in [0, 0.1) is 0 Å². The molecule has 0 spiro atoms. The molecule has 0 bridgehead atoms. The quantitative estimate of drug-likeness (QED) is 0.870. The van der Waals surface area contributed by atoms with Gasteiger partial charge in [-0.3, -0.25) is 4.79 Å². The fraction of sp³-hybridized carbons (Fsp3) is 0.500. The molecule has 122 valence electrons. The standard InChI is InChI=1S/C14H17Cl2NO4S/c1-2-4-21-13-11(15)6-9(7-12(13)16)14(18)17-10-3-5-22(19,20)8-10/h6-7,10H,2-5,8H2,1H3,(H,17,18)/t10-/m0/s1. The van der Waals surface area contributed by atoms with E-state index in [4.69, 9.17) is 27.9 Å². The highest BCUT2D eigenvalue weighted by atomic mass is 35.5. The number of hydrogen-bond donors (Lipinski definition) is 1. The Hall–Kier alpha value is -0.980. The molecule has 1 aliphatic heterocycles. The maximum absolute atomic E-state index is 12.2. The predicted octanol–water partition coefficient (Wildman–Crippen LogP) is 2.70. The van der Waals surface area contributed by atoms with Crippen molar-refractivity contribution in [1.82, 2.24) is 5.32 Å². The van der Waals surface area contributed by atoms with Gasteiger partial charge in [0.2, 0.25) is 0 Å². The second-order valence-electron chi connectivity index (χ2n) is 5.19. The van der Waals surface area contributed by atoms with Crippen molar-refractivity contribution in [2.24, 2.45) is 0 Å². The number of carbonyl (C=O) groups excluding carboxylic acids is 1. The van der Waals surface area contributed by atoms with E-state index in [9.17, 15) is 13.2 Å². The molecule has 1 aromatic rings. The number of hydrogen-bond acceptors (Lipinski definition) is 4. The van der Waals surface area contributed by atoms with E-state index in [-0.39, 0.29) is 33.2 Å². The Bertz CT molecular complexity index is 652. The van der Waals surface area contributed by atoms with Gasteiger partial charge in [0.05, 0.1) is 28.2 Å². The van der Waals surface area contributed by atoms with Crippen molar-refractivity contribution in [3.05, 3.63) is 27.7 Å². The third kappa shape index (κ3) is 4.27. The molecule has 8 heteroatoms. The number of halogens is 2. The minimum absolute atomic E-state index is 0.0299. The Morgan fingerprint density at radius 2 is 2.00 bits per heavy atom. The summed E-state index contributed by atoms with van der Waals surface area (Å²) in [5.41, 5.74) is 0.281. The fourth-order valence-electron chi connectivity index (χ4n) is 2.21. The number of ether oxygens (including phenoxy) is 1. The number of amides is 1. The molecule has 5 nitrogen and oxygen atoms in total. The van der Waals surface area contributed by atoms with E-state index in [1.165, 1.54) is 12.1 Å². The van der Waals surface area contributed by atoms with Crippen molar-refractivity contribution in [3.8, 4) is 5.75 Å². The van der Waals surface area contributed by atoms with E-state index in [0.717, 1.165) is 6.42 Å². The van der Waals surface area contributed by atoms with Crippen LogP contribution in [0.1, 0.15) is 30.1 Å². The van der Waals surface area contributed by atoms with Crippen LogP contribution in [0.3, 0.4) is 0 Å². The maximum atomic E-state index is 12.2.